The molecule has 1 aliphatic carbocycles. The van der Waals surface area contributed by atoms with Crippen LogP contribution in [0.1, 0.15) is 31.7 Å². The van der Waals surface area contributed by atoms with Gasteiger partial charge in [0.25, 0.3) is 0 Å². The van der Waals surface area contributed by atoms with Crippen molar-refractivity contribution in [2.75, 3.05) is 5.73 Å². The molecular formula is C9H12N6S2. The van der Waals surface area contributed by atoms with Gasteiger partial charge in [-0.25, -0.2) is 9.67 Å². The number of thiazole rings is 1. The third kappa shape index (κ3) is 2.27. The van der Waals surface area contributed by atoms with Crippen molar-refractivity contribution >= 4 is 28.1 Å². The van der Waals surface area contributed by atoms with E-state index in [2.05, 4.69) is 20.5 Å². The minimum absolute atomic E-state index is 0.449. The van der Waals surface area contributed by atoms with Gasteiger partial charge < -0.3 is 5.73 Å². The second kappa shape index (κ2) is 4.61. The van der Waals surface area contributed by atoms with Crippen LogP contribution in [0.15, 0.2) is 15.7 Å². The van der Waals surface area contributed by atoms with Gasteiger partial charge in [-0.2, -0.15) is 0 Å². The van der Waals surface area contributed by atoms with Crippen LogP contribution >= 0.6 is 23.1 Å². The molecule has 0 aromatic carbocycles. The van der Waals surface area contributed by atoms with E-state index in [9.17, 15) is 0 Å². The van der Waals surface area contributed by atoms with Gasteiger partial charge in [-0.05, 0) is 35.0 Å². The van der Waals surface area contributed by atoms with Gasteiger partial charge in [-0.3, -0.25) is 0 Å². The highest BCUT2D eigenvalue weighted by Crippen LogP contribution is 2.35. The van der Waals surface area contributed by atoms with Crippen LogP contribution in [-0.4, -0.2) is 25.2 Å². The van der Waals surface area contributed by atoms with Crippen LogP contribution < -0.4 is 5.73 Å². The molecule has 1 fully saturated rings. The summed E-state index contributed by atoms with van der Waals surface area (Å²) in [5.41, 5.74) is 5.65. The molecule has 2 aromatic rings. The summed E-state index contributed by atoms with van der Waals surface area (Å²) in [4.78, 5) is 4.21. The molecule has 0 aliphatic heterocycles. The Hall–Kier alpha value is -1.15. The van der Waals surface area contributed by atoms with E-state index in [0.29, 0.717) is 11.0 Å². The van der Waals surface area contributed by atoms with Gasteiger partial charge in [-0.1, -0.05) is 24.2 Å². The summed E-state index contributed by atoms with van der Waals surface area (Å²) in [6.07, 6.45) is 6.52. The van der Waals surface area contributed by atoms with Crippen LogP contribution in [-0.2, 0) is 0 Å². The third-order valence-corrected chi connectivity index (χ3v) is 4.67. The number of anilines is 1. The van der Waals surface area contributed by atoms with Gasteiger partial charge in [0, 0.05) is 0 Å². The molecule has 2 heterocycles. The maximum absolute atomic E-state index is 5.65. The highest BCUT2D eigenvalue weighted by Gasteiger charge is 2.22. The topological polar surface area (TPSA) is 82.5 Å². The van der Waals surface area contributed by atoms with Crippen molar-refractivity contribution in [3.8, 4) is 0 Å². The summed E-state index contributed by atoms with van der Waals surface area (Å²) in [6, 6.07) is 0.449. The molecule has 17 heavy (non-hydrogen) atoms. The number of aromatic nitrogens is 5. The van der Waals surface area contributed by atoms with Crippen LogP contribution in [0, 0.1) is 0 Å². The van der Waals surface area contributed by atoms with Gasteiger partial charge in [0.15, 0.2) is 4.34 Å². The molecule has 90 valence electrons. The Bertz CT molecular complexity index is 501. The second-order valence-corrected chi connectivity index (χ2v) is 6.25. The monoisotopic (exact) mass is 268 g/mol. The smallest absolute Gasteiger partial charge is 0.216 e. The second-order valence-electron chi connectivity index (χ2n) is 3.97. The maximum Gasteiger partial charge on any atom is 0.216 e. The number of rotatable bonds is 3. The Balaban J connectivity index is 1.81. The molecule has 1 aliphatic rings. The van der Waals surface area contributed by atoms with Crippen molar-refractivity contribution < 1.29 is 0 Å². The number of hydrogen-bond donors (Lipinski definition) is 1. The lowest BCUT2D eigenvalue weighted by Gasteiger charge is -2.09. The molecule has 3 rings (SSSR count). The van der Waals surface area contributed by atoms with Gasteiger partial charge in [0.1, 0.15) is 5.00 Å². The van der Waals surface area contributed by atoms with Crippen LogP contribution in [0.3, 0.4) is 0 Å². The first kappa shape index (κ1) is 11.0. The molecule has 0 saturated heterocycles. The van der Waals surface area contributed by atoms with E-state index in [4.69, 9.17) is 5.73 Å². The SMILES string of the molecule is Nc1cnc(Sc2nnnn2C2CCCC2)s1. The van der Waals surface area contributed by atoms with E-state index in [-0.39, 0.29) is 0 Å². The lowest BCUT2D eigenvalue weighted by atomic mass is 10.3. The summed E-state index contributed by atoms with van der Waals surface area (Å²) in [5.74, 6) is 0. The first-order chi connectivity index (χ1) is 8.33. The fraction of sp³-hybridized carbons (Fsp3) is 0.556. The predicted octanol–water partition coefficient (Wildman–Crippen LogP) is 1.98. The van der Waals surface area contributed by atoms with Gasteiger partial charge in [0.2, 0.25) is 5.16 Å². The third-order valence-electron chi connectivity index (χ3n) is 2.81. The highest BCUT2D eigenvalue weighted by molar-refractivity contribution is 8.00. The Morgan fingerprint density at radius 2 is 2.24 bits per heavy atom. The molecule has 0 radical (unpaired) electrons. The summed E-state index contributed by atoms with van der Waals surface area (Å²) in [6.45, 7) is 0. The van der Waals surface area contributed by atoms with Crippen LogP contribution in [0.2, 0.25) is 0 Å². The molecule has 0 atom stereocenters. The fourth-order valence-electron chi connectivity index (χ4n) is 2.03. The maximum atomic E-state index is 5.65. The van der Waals surface area contributed by atoms with Crippen LogP contribution in [0.25, 0.3) is 0 Å². The summed E-state index contributed by atoms with van der Waals surface area (Å²) < 4.78 is 2.81. The number of nitrogens with two attached hydrogens (primary N) is 1. The zero-order valence-electron chi connectivity index (χ0n) is 9.11. The van der Waals surface area contributed by atoms with E-state index < -0.39 is 0 Å². The Labute approximate surface area is 107 Å². The van der Waals surface area contributed by atoms with Crippen LogP contribution in [0.5, 0.6) is 0 Å². The van der Waals surface area contributed by atoms with Gasteiger partial charge in [-0.15, -0.1) is 5.10 Å². The summed E-state index contributed by atoms with van der Waals surface area (Å²) in [5, 5.41) is 13.4. The largest absolute Gasteiger partial charge is 0.389 e. The number of nitrogen functional groups attached to an aromatic ring is 1. The molecule has 6 nitrogen and oxygen atoms in total. The first-order valence-electron chi connectivity index (χ1n) is 5.50. The van der Waals surface area contributed by atoms with Crippen molar-refractivity contribution in [1.82, 2.24) is 25.2 Å². The average molecular weight is 268 g/mol. The number of nitrogens with zero attached hydrogens (tertiary/aromatic N) is 5. The van der Waals surface area contributed by atoms with E-state index in [1.165, 1.54) is 48.8 Å². The van der Waals surface area contributed by atoms with Crippen LogP contribution in [0.4, 0.5) is 5.00 Å². The minimum Gasteiger partial charge on any atom is -0.389 e. The van der Waals surface area contributed by atoms with Crippen molar-refractivity contribution in [1.29, 1.82) is 0 Å². The molecule has 2 aromatic heterocycles. The fourth-order valence-corrected chi connectivity index (χ4v) is 3.74. The summed E-state index contributed by atoms with van der Waals surface area (Å²) >= 11 is 2.94. The summed E-state index contributed by atoms with van der Waals surface area (Å²) in [7, 11) is 0. The van der Waals surface area contributed by atoms with E-state index >= 15 is 0 Å². The zero-order valence-corrected chi connectivity index (χ0v) is 10.7. The zero-order chi connectivity index (χ0) is 11.7. The van der Waals surface area contributed by atoms with Crippen molar-refractivity contribution in [2.45, 2.75) is 41.2 Å². The average Bonchev–Trinajstić information content (AvgIpc) is 3.00. The molecule has 0 amide bonds. The molecule has 8 heteroatoms. The molecule has 0 spiro atoms. The number of tetrazole rings is 1. The van der Waals surface area contributed by atoms with Crippen molar-refractivity contribution in [2.24, 2.45) is 0 Å². The highest BCUT2D eigenvalue weighted by atomic mass is 32.2. The lowest BCUT2D eigenvalue weighted by Crippen LogP contribution is -2.08. The minimum atomic E-state index is 0.449. The first-order valence-corrected chi connectivity index (χ1v) is 7.13. The normalized spacial score (nSPS) is 16.7. The lowest BCUT2D eigenvalue weighted by molar-refractivity contribution is 0.423. The van der Waals surface area contributed by atoms with E-state index in [1.54, 1.807) is 6.20 Å². The number of hydrogen-bond acceptors (Lipinski definition) is 7. The Kier molecular flexibility index (Phi) is 2.98. The molecular weight excluding hydrogens is 256 g/mol. The van der Waals surface area contributed by atoms with Crippen molar-refractivity contribution in [3.63, 3.8) is 0 Å². The van der Waals surface area contributed by atoms with E-state index in [1.807, 2.05) is 4.68 Å². The molecule has 2 N–H and O–H groups in total. The van der Waals surface area contributed by atoms with Crippen molar-refractivity contribution in [3.05, 3.63) is 6.20 Å². The standard InChI is InChI=1S/C9H12N6S2/c10-7-5-11-9(16-7)17-8-12-13-14-15(8)6-3-1-2-4-6/h5-6H,1-4,10H2. The van der Waals surface area contributed by atoms with E-state index in [0.717, 1.165) is 9.50 Å². The quantitative estimate of drug-likeness (QED) is 0.916. The Morgan fingerprint density at radius 3 is 2.94 bits per heavy atom. The molecule has 0 unspecified atom stereocenters. The van der Waals surface area contributed by atoms with Gasteiger partial charge >= 0.3 is 0 Å². The van der Waals surface area contributed by atoms with Gasteiger partial charge in [0.05, 0.1) is 12.2 Å². The molecule has 1 saturated carbocycles. The predicted molar refractivity (Wildman–Crippen MR) is 66.0 cm³/mol. The Morgan fingerprint density at radius 1 is 1.41 bits per heavy atom. The molecule has 0 bridgehead atoms.